The minimum atomic E-state index is -3.98. The van der Waals surface area contributed by atoms with E-state index in [2.05, 4.69) is 0 Å². The molecule has 1 rings (SSSR count). The molecule has 0 unspecified atom stereocenters. The molecule has 0 aliphatic carbocycles. The first kappa shape index (κ1) is 11.1. The number of sulfonamides is 1. The van der Waals surface area contributed by atoms with Crippen LogP contribution in [0.15, 0.2) is 23.1 Å². The van der Waals surface area contributed by atoms with Gasteiger partial charge >= 0.3 is 0 Å². The van der Waals surface area contributed by atoms with Gasteiger partial charge in [0.2, 0.25) is 10.0 Å². The van der Waals surface area contributed by atoms with E-state index in [0.717, 1.165) is 12.1 Å². The lowest BCUT2D eigenvalue weighted by molar-refractivity contribution is 0.184. The van der Waals surface area contributed by atoms with Gasteiger partial charge in [0.05, 0.1) is 6.61 Å². The van der Waals surface area contributed by atoms with Crippen LogP contribution < -0.4 is 5.14 Å². The van der Waals surface area contributed by atoms with E-state index < -0.39 is 20.7 Å². The van der Waals surface area contributed by atoms with Gasteiger partial charge in [0.1, 0.15) is 10.7 Å². The third-order valence-corrected chi connectivity index (χ3v) is 2.56. The number of nitrogens with two attached hydrogens (primary N) is 1. The average molecular weight is 219 g/mol. The van der Waals surface area contributed by atoms with Crippen LogP contribution in [0.3, 0.4) is 0 Å². The van der Waals surface area contributed by atoms with Gasteiger partial charge in [0.25, 0.3) is 0 Å². The zero-order chi connectivity index (χ0) is 10.8. The number of primary sulfonamides is 1. The van der Waals surface area contributed by atoms with Gasteiger partial charge in [-0.1, -0.05) is 6.07 Å². The maximum atomic E-state index is 13.2. The van der Waals surface area contributed by atoms with Crippen molar-refractivity contribution in [2.24, 2.45) is 5.14 Å². The predicted molar refractivity (Wildman–Crippen MR) is 48.5 cm³/mol. The van der Waals surface area contributed by atoms with Gasteiger partial charge in [0, 0.05) is 7.11 Å². The maximum Gasteiger partial charge on any atom is 0.240 e. The summed E-state index contributed by atoms with van der Waals surface area (Å²) in [6.45, 7) is 0.224. The smallest absolute Gasteiger partial charge is 0.240 e. The van der Waals surface area contributed by atoms with Crippen molar-refractivity contribution in [1.29, 1.82) is 0 Å². The highest BCUT2D eigenvalue weighted by Gasteiger charge is 2.13. The fraction of sp³-hybridized carbons (Fsp3) is 0.250. The molecule has 0 saturated heterocycles. The Morgan fingerprint density at radius 2 is 2.14 bits per heavy atom. The van der Waals surface area contributed by atoms with Crippen molar-refractivity contribution in [3.05, 3.63) is 29.6 Å². The highest BCUT2D eigenvalue weighted by Crippen LogP contribution is 2.14. The van der Waals surface area contributed by atoms with E-state index in [1.165, 1.54) is 13.2 Å². The number of rotatable bonds is 3. The molecule has 0 radical (unpaired) electrons. The Morgan fingerprint density at radius 3 is 2.57 bits per heavy atom. The van der Waals surface area contributed by atoms with Crippen LogP contribution in [0.1, 0.15) is 5.56 Å². The minimum absolute atomic E-state index is 0.224. The molecule has 0 amide bonds. The summed E-state index contributed by atoms with van der Waals surface area (Å²) in [5.74, 6) is -0.859. The van der Waals surface area contributed by atoms with E-state index in [1.807, 2.05) is 0 Å². The van der Waals surface area contributed by atoms with Gasteiger partial charge in [-0.3, -0.25) is 0 Å². The van der Waals surface area contributed by atoms with Crippen LogP contribution in [0.25, 0.3) is 0 Å². The fourth-order valence-corrected chi connectivity index (χ4v) is 1.62. The Labute approximate surface area is 81.5 Å². The van der Waals surface area contributed by atoms with Crippen LogP contribution in [0.5, 0.6) is 0 Å². The van der Waals surface area contributed by atoms with E-state index in [-0.39, 0.29) is 6.61 Å². The number of hydrogen-bond acceptors (Lipinski definition) is 3. The maximum absolute atomic E-state index is 13.2. The Kier molecular flexibility index (Phi) is 3.20. The summed E-state index contributed by atoms with van der Waals surface area (Å²) >= 11 is 0. The lowest BCUT2D eigenvalue weighted by Crippen LogP contribution is -2.14. The number of ether oxygens (including phenoxy) is 1. The molecular weight excluding hydrogens is 209 g/mol. The third-order valence-electron chi connectivity index (χ3n) is 1.61. The van der Waals surface area contributed by atoms with Crippen LogP contribution in [0.2, 0.25) is 0 Å². The Morgan fingerprint density at radius 1 is 1.50 bits per heavy atom. The molecule has 0 saturated carbocycles. The van der Waals surface area contributed by atoms with Gasteiger partial charge in [-0.2, -0.15) is 0 Å². The minimum Gasteiger partial charge on any atom is -0.380 e. The molecule has 4 nitrogen and oxygen atoms in total. The molecule has 6 heteroatoms. The fourth-order valence-electron chi connectivity index (χ4n) is 1.03. The number of halogens is 1. The van der Waals surface area contributed by atoms with E-state index in [9.17, 15) is 12.8 Å². The SMILES string of the molecule is COCc1ccc(S(N)(=O)=O)c(F)c1. The molecule has 2 N–H and O–H groups in total. The molecule has 1 aromatic rings. The monoisotopic (exact) mass is 219 g/mol. The molecule has 1 aromatic carbocycles. The van der Waals surface area contributed by atoms with Crippen molar-refractivity contribution < 1.29 is 17.5 Å². The lowest BCUT2D eigenvalue weighted by Gasteiger charge is -2.03. The van der Waals surface area contributed by atoms with E-state index in [1.54, 1.807) is 0 Å². The topological polar surface area (TPSA) is 69.4 Å². The average Bonchev–Trinajstić information content (AvgIpc) is 2.02. The van der Waals surface area contributed by atoms with E-state index in [4.69, 9.17) is 9.88 Å². The highest BCUT2D eigenvalue weighted by molar-refractivity contribution is 7.89. The molecule has 0 aromatic heterocycles. The summed E-state index contributed by atoms with van der Waals surface area (Å²) in [4.78, 5) is -0.502. The largest absolute Gasteiger partial charge is 0.380 e. The first-order valence-corrected chi connectivity index (χ1v) is 5.30. The summed E-state index contributed by atoms with van der Waals surface area (Å²) < 4.78 is 39.6. The van der Waals surface area contributed by atoms with Crippen molar-refractivity contribution >= 4 is 10.0 Å². The first-order chi connectivity index (χ1) is 6.45. The molecule has 0 spiro atoms. The van der Waals surface area contributed by atoms with Gasteiger partial charge in [-0.15, -0.1) is 0 Å². The summed E-state index contributed by atoms with van der Waals surface area (Å²) in [6.07, 6.45) is 0. The van der Waals surface area contributed by atoms with Crippen LogP contribution in [0, 0.1) is 5.82 Å². The van der Waals surface area contributed by atoms with Crippen LogP contribution >= 0.6 is 0 Å². The Balaban J connectivity index is 3.15. The summed E-state index contributed by atoms with van der Waals surface area (Å²) in [5.41, 5.74) is 0.553. The van der Waals surface area contributed by atoms with Crippen LogP contribution in [-0.2, 0) is 21.4 Å². The first-order valence-electron chi connectivity index (χ1n) is 3.75. The molecule has 0 aliphatic rings. The molecular formula is C8H10FNO3S. The third kappa shape index (κ3) is 2.50. The van der Waals surface area contributed by atoms with E-state index >= 15 is 0 Å². The Hall–Kier alpha value is -0.980. The van der Waals surface area contributed by atoms with Gasteiger partial charge in [0.15, 0.2) is 0 Å². The van der Waals surface area contributed by atoms with Gasteiger partial charge in [-0.25, -0.2) is 17.9 Å². The van der Waals surface area contributed by atoms with Crippen molar-refractivity contribution in [2.45, 2.75) is 11.5 Å². The molecule has 78 valence electrons. The number of hydrogen-bond donors (Lipinski definition) is 1. The Bertz CT molecular complexity index is 430. The molecule has 0 atom stereocenters. The van der Waals surface area contributed by atoms with E-state index in [0.29, 0.717) is 5.56 Å². The summed E-state index contributed by atoms with van der Waals surface area (Å²) in [6, 6.07) is 3.66. The van der Waals surface area contributed by atoms with Crippen molar-refractivity contribution in [3.63, 3.8) is 0 Å². The zero-order valence-electron chi connectivity index (χ0n) is 7.53. The summed E-state index contributed by atoms with van der Waals surface area (Å²) in [7, 11) is -2.52. The second-order valence-electron chi connectivity index (χ2n) is 2.74. The van der Waals surface area contributed by atoms with Gasteiger partial charge in [-0.05, 0) is 17.7 Å². The quantitative estimate of drug-likeness (QED) is 0.810. The molecule has 0 fully saturated rings. The number of methoxy groups -OCH3 is 1. The number of benzene rings is 1. The molecule has 0 aliphatic heterocycles. The summed E-state index contributed by atoms with van der Waals surface area (Å²) in [5, 5.41) is 4.78. The predicted octanol–water partition coefficient (Wildman–Crippen LogP) is 0.620. The second kappa shape index (κ2) is 4.04. The van der Waals surface area contributed by atoms with Crippen molar-refractivity contribution in [1.82, 2.24) is 0 Å². The zero-order valence-corrected chi connectivity index (χ0v) is 8.34. The second-order valence-corrected chi connectivity index (χ2v) is 4.27. The van der Waals surface area contributed by atoms with Gasteiger partial charge < -0.3 is 4.74 Å². The lowest BCUT2D eigenvalue weighted by atomic mass is 10.2. The normalized spacial score (nSPS) is 11.6. The van der Waals surface area contributed by atoms with Crippen molar-refractivity contribution in [3.8, 4) is 0 Å². The molecule has 14 heavy (non-hydrogen) atoms. The standard InChI is InChI=1S/C8H10FNO3S/c1-13-5-6-2-3-8(7(9)4-6)14(10,11)12/h2-4H,5H2,1H3,(H2,10,11,12). The van der Waals surface area contributed by atoms with Crippen LogP contribution in [0.4, 0.5) is 4.39 Å². The van der Waals surface area contributed by atoms with Crippen molar-refractivity contribution in [2.75, 3.05) is 7.11 Å². The molecule has 0 heterocycles. The van der Waals surface area contributed by atoms with Crippen LogP contribution in [-0.4, -0.2) is 15.5 Å². The highest BCUT2D eigenvalue weighted by atomic mass is 32.2. The molecule has 0 bridgehead atoms.